The van der Waals surface area contributed by atoms with Gasteiger partial charge >= 0.3 is 0 Å². The summed E-state index contributed by atoms with van der Waals surface area (Å²) in [6.07, 6.45) is 3.34. The zero-order chi connectivity index (χ0) is 14.5. The van der Waals surface area contributed by atoms with E-state index >= 15 is 0 Å². The molecule has 1 aromatic rings. The number of pyridine rings is 1. The molecule has 1 aliphatic rings. The van der Waals surface area contributed by atoms with Crippen LogP contribution in [-0.2, 0) is 12.3 Å². The number of piperazine rings is 1. The number of alkyl halides is 1. The van der Waals surface area contributed by atoms with Gasteiger partial charge in [0.1, 0.15) is 5.82 Å². The van der Waals surface area contributed by atoms with Crippen molar-refractivity contribution in [1.82, 2.24) is 9.88 Å². The minimum absolute atomic E-state index is 0.567. The molecular formula is C16H26ClN3. The maximum Gasteiger partial charge on any atom is 0.129 e. The molecule has 0 saturated carbocycles. The first kappa shape index (κ1) is 15.6. The van der Waals surface area contributed by atoms with Crippen molar-refractivity contribution >= 4 is 17.4 Å². The lowest BCUT2D eigenvalue weighted by Gasteiger charge is -2.40. The van der Waals surface area contributed by atoms with Gasteiger partial charge in [-0.05, 0) is 37.6 Å². The van der Waals surface area contributed by atoms with Crippen LogP contribution >= 0.6 is 11.6 Å². The van der Waals surface area contributed by atoms with Crippen molar-refractivity contribution < 1.29 is 0 Å². The van der Waals surface area contributed by atoms with Crippen LogP contribution in [0.3, 0.4) is 0 Å². The van der Waals surface area contributed by atoms with Crippen molar-refractivity contribution in [2.45, 2.75) is 45.0 Å². The van der Waals surface area contributed by atoms with Crippen molar-refractivity contribution in [2.75, 3.05) is 31.6 Å². The van der Waals surface area contributed by atoms with Crippen LogP contribution in [0, 0.1) is 0 Å². The highest BCUT2D eigenvalue weighted by Crippen LogP contribution is 2.21. The number of aromatic nitrogens is 1. The zero-order valence-corrected chi connectivity index (χ0v) is 13.7. The van der Waals surface area contributed by atoms with Gasteiger partial charge < -0.3 is 4.90 Å². The first-order valence-corrected chi connectivity index (χ1v) is 8.22. The van der Waals surface area contributed by atoms with Crippen molar-refractivity contribution in [3.05, 3.63) is 23.4 Å². The van der Waals surface area contributed by atoms with Crippen LogP contribution < -0.4 is 4.90 Å². The summed E-state index contributed by atoms with van der Waals surface area (Å²) in [6.45, 7) is 7.68. The Morgan fingerprint density at radius 2 is 2.10 bits per heavy atom. The van der Waals surface area contributed by atoms with Gasteiger partial charge in [0.05, 0.1) is 0 Å². The summed E-state index contributed by atoms with van der Waals surface area (Å²) in [6, 6.07) is 4.93. The fourth-order valence-corrected chi connectivity index (χ4v) is 3.01. The fraction of sp³-hybridized carbons (Fsp3) is 0.688. The number of halogens is 1. The lowest BCUT2D eigenvalue weighted by molar-refractivity contribution is 0.213. The van der Waals surface area contributed by atoms with Crippen LogP contribution in [0.15, 0.2) is 12.1 Å². The lowest BCUT2D eigenvalue weighted by Crippen LogP contribution is -2.51. The van der Waals surface area contributed by atoms with E-state index in [1.807, 2.05) is 0 Å². The van der Waals surface area contributed by atoms with Crippen LogP contribution in [0.4, 0.5) is 5.82 Å². The molecule has 112 valence electrons. The SMILES string of the molecule is CCCc1cc(CCl)cc(N2CCN(C)C(CC)C2)n1. The Bertz CT molecular complexity index is 436. The van der Waals surface area contributed by atoms with Gasteiger partial charge in [0.2, 0.25) is 0 Å². The van der Waals surface area contributed by atoms with Gasteiger partial charge in [-0.2, -0.15) is 0 Å². The predicted octanol–water partition coefficient (Wildman–Crippen LogP) is 3.30. The number of rotatable bonds is 5. The maximum absolute atomic E-state index is 6.03. The van der Waals surface area contributed by atoms with E-state index in [-0.39, 0.29) is 0 Å². The molecule has 20 heavy (non-hydrogen) atoms. The number of aryl methyl sites for hydroxylation is 1. The van der Waals surface area contributed by atoms with Crippen LogP contribution in [0.1, 0.15) is 37.9 Å². The summed E-state index contributed by atoms with van der Waals surface area (Å²) in [5.41, 5.74) is 2.36. The molecular weight excluding hydrogens is 270 g/mol. The molecule has 1 aromatic heterocycles. The monoisotopic (exact) mass is 295 g/mol. The van der Waals surface area contributed by atoms with Gasteiger partial charge in [-0.15, -0.1) is 11.6 Å². The van der Waals surface area contributed by atoms with Crippen LogP contribution in [0.5, 0.6) is 0 Å². The van der Waals surface area contributed by atoms with E-state index in [4.69, 9.17) is 16.6 Å². The first-order chi connectivity index (χ1) is 9.67. The summed E-state index contributed by atoms with van der Waals surface area (Å²) in [5, 5.41) is 0. The summed E-state index contributed by atoms with van der Waals surface area (Å²) in [4.78, 5) is 9.71. The van der Waals surface area contributed by atoms with E-state index in [0.717, 1.165) is 38.3 Å². The van der Waals surface area contributed by atoms with Gasteiger partial charge in [0.25, 0.3) is 0 Å². The summed E-state index contributed by atoms with van der Waals surface area (Å²) in [7, 11) is 2.22. The van der Waals surface area contributed by atoms with Crippen molar-refractivity contribution in [2.24, 2.45) is 0 Å². The first-order valence-electron chi connectivity index (χ1n) is 7.68. The third-order valence-electron chi connectivity index (χ3n) is 4.16. The second kappa shape index (κ2) is 7.28. The minimum Gasteiger partial charge on any atom is -0.354 e. The highest BCUT2D eigenvalue weighted by molar-refractivity contribution is 6.17. The molecule has 2 heterocycles. The lowest BCUT2D eigenvalue weighted by atomic mass is 10.1. The Kier molecular flexibility index (Phi) is 5.67. The molecule has 0 N–H and O–H groups in total. The van der Waals surface area contributed by atoms with E-state index in [2.05, 4.69) is 42.8 Å². The molecule has 1 atom stereocenters. The Labute approximate surface area is 127 Å². The summed E-state index contributed by atoms with van der Waals surface area (Å²) in [5.74, 6) is 1.68. The van der Waals surface area contributed by atoms with E-state index in [0.29, 0.717) is 11.9 Å². The third kappa shape index (κ3) is 3.64. The molecule has 0 amide bonds. The highest BCUT2D eigenvalue weighted by Gasteiger charge is 2.24. The number of anilines is 1. The molecule has 0 aliphatic carbocycles. The Balaban J connectivity index is 2.20. The molecule has 1 saturated heterocycles. The quantitative estimate of drug-likeness (QED) is 0.777. The molecule has 3 nitrogen and oxygen atoms in total. The standard InChI is InChI=1S/C16H26ClN3/c1-4-6-14-9-13(11-17)10-16(18-14)20-8-7-19(3)15(5-2)12-20/h9-10,15H,4-8,11-12H2,1-3H3. The number of likely N-dealkylation sites (N-methyl/N-ethyl adjacent to an activating group) is 1. The second-order valence-electron chi connectivity index (χ2n) is 5.70. The molecule has 0 spiro atoms. The van der Waals surface area contributed by atoms with Crippen molar-refractivity contribution in [3.8, 4) is 0 Å². The predicted molar refractivity (Wildman–Crippen MR) is 86.7 cm³/mol. The molecule has 1 unspecified atom stereocenters. The normalized spacial score (nSPS) is 20.4. The van der Waals surface area contributed by atoms with Gasteiger partial charge in [-0.25, -0.2) is 4.98 Å². The van der Waals surface area contributed by atoms with Gasteiger partial charge in [0.15, 0.2) is 0 Å². The van der Waals surface area contributed by atoms with E-state index in [1.165, 1.54) is 17.7 Å². The second-order valence-corrected chi connectivity index (χ2v) is 5.96. The number of nitrogens with zero attached hydrogens (tertiary/aromatic N) is 3. The molecule has 0 aromatic carbocycles. The average molecular weight is 296 g/mol. The molecule has 4 heteroatoms. The minimum atomic E-state index is 0.567. The summed E-state index contributed by atoms with van der Waals surface area (Å²) < 4.78 is 0. The van der Waals surface area contributed by atoms with Crippen LogP contribution in [-0.4, -0.2) is 42.6 Å². The van der Waals surface area contributed by atoms with Crippen molar-refractivity contribution in [3.63, 3.8) is 0 Å². The molecule has 0 radical (unpaired) electrons. The van der Waals surface area contributed by atoms with E-state index < -0.39 is 0 Å². The third-order valence-corrected chi connectivity index (χ3v) is 4.47. The fourth-order valence-electron chi connectivity index (χ4n) is 2.85. The highest BCUT2D eigenvalue weighted by atomic mass is 35.5. The smallest absolute Gasteiger partial charge is 0.129 e. The van der Waals surface area contributed by atoms with Crippen LogP contribution in [0.25, 0.3) is 0 Å². The molecule has 1 fully saturated rings. The van der Waals surface area contributed by atoms with Crippen molar-refractivity contribution in [1.29, 1.82) is 0 Å². The average Bonchev–Trinajstić information content (AvgIpc) is 2.47. The Hall–Kier alpha value is -0.800. The maximum atomic E-state index is 6.03. The molecule has 1 aliphatic heterocycles. The van der Waals surface area contributed by atoms with Gasteiger partial charge in [0, 0.05) is 37.3 Å². The Morgan fingerprint density at radius 1 is 1.30 bits per heavy atom. The zero-order valence-electron chi connectivity index (χ0n) is 12.9. The van der Waals surface area contributed by atoms with E-state index in [9.17, 15) is 0 Å². The molecule has 0 bridgehead atoms. The number of hydrogen-bond donors (Lipinski definition) is 0. The van der Waals surface area contributed by atoms with Crippen LogP contribution in [0.2, 0.25) is 0 Å². The van der Waals surface area contributed by atoms with Gasteiger partial charge in [-0.1, -0.05) is 20.3 Å². The van der Waals surface area contributed by atoms with Gasteiger partial charge in [-0.3, -0.25) is 4.90 Å². The number of hydrogen-bond acceptors (Lipinski definition) is 3. The topological polar surface area (TPSA) is 19.4 Å². The largest absolute Gasteiger partial charge is 0.354 e. The van der Waals surface area contributed by atoms with E-state index in [1.54, 1.807) is 0 Å². The summed E-state index contributed by atoms with van der Waals surface area (Å²) >= 11 is 6.03. The molecule has 2 rings (SSSR count). The Morgan fingerprint density at radius 3 is 2.75 bits per heavy atom.